The van der Waals surface area contributed by atoms with Crippen molar-refractivity contribution in [1.29, 1.82) is 0 Å². The smallest absolute Gasteiger partial charge is 0.312 e. The van der Waals surface area contributed by atoms with Crippen LogP contribution in [0.5, 0.6) is 0 Å². The lowest BCUT2D eigenvalue weighted by Crippen LogP contribution is -2.57. The maximum Gasteiger partial charge on any atom is 0.312 e. The first-order valence-corrected chi connectivity index (χ1v) is 6.11. The second-order valence-corrected chi connectivity index (χ2v) is 5.06. The van der Waals surface area contributed by atoms with Crippen molar-refractivity contribution in [2.45, 2.75) is 39.8 Å². The Morgan fingerprint density at radius 3 is 1.50 bits per heavy atom. The van der Waals surface area contributed by atoms with Crippen LogP contribution in [0.3, 0.4) is 0 Å². The minimum atomic E-state index is -1.08. The highest BCUT2D eigenvalue weighted by Gasteiger charge is 2.35. The summed E-state index contributed by atoms with van der Waals surface area (Å²) in [5, 5.41) is 18.8. The van der Waals surface area contributed by atoms with Gasteiger partial charge in [-0.15, -0.1) is 0 Å². The van der Waals surface area contributed by atoms with Crippen LogP contribution in [0, 0.1) is 11.8 Å². The maximum atomic E-state index is 11.9. The van der Waals surface area contributed by atoms with Gasteiger partial charge in [-0.25, -0.2) is 0 Å². The van der Waals surface area contributed by atoms with E-state index in [2.05, 4.69) is 0 Å². The van der Waals surface area contributed by atoms with Crippen LogP contribution < -0.4 is 5.73 Å². The number of aliphatic hydroxyl groups excluding tert-OH is 2. The molecular formula is C12H24N2O4. The molecule has 0 rings (SSSR count). The Labute approximate surface area is 108 Å². The fraction of sp³-hybridized carbons (Fsp3) is 0.833. The zero-order valence-electron chi connectivity index (χ0n) is 11.5. The number of carbonyl (C=O) groups excluding carboxylic acids is 2. The first-order chi connectivity index (χ1) is 8.27. The van der Waals surface area contributed by atoms with Gasteiger partial charge in [0.25, 0.3) is 0 Å². The van der Waals surface area contributed by atoms with E-state index < -0.39 is 23.9 Å². The van der Waals surface area contributed by atoms with Crippen LogP contribution in [-0.2, 0) is 9.59 Å². The van der Waals surface area contributed by atoms with Gasteiger partial charge in [0.05, 0.1) is 25.3 Å². The molecule has 0 heterocycles. The number of rotatable bonds is 6. The number of nitrogens with zero attached hydrogens (tertiary/aromatic N) is 1. The third-order valence-electron chi connectivity index (χ3n) is 3.07. The van der Waals surface area contributed by atoms with Crippen molar-refractivity contribution in [1.82, 2.24) is 4.90 Å². The van der Waals surface area contributed by atoms with Crippen molar-refractivity contribution < 1.29 is 19.8 Å². The van der Waals surface area contributed by atoms with Gasteiger partial charge in [0.2, 0.25) is 0 Å². The van der Waals surface area contributed by atoms with E-state index in [0.29, 0.717) is 0 Å². The summed E-state index contributed by atoms with van der Waals surface area (Å²) in [4.78, 5) is 24.2. The first-order valence-electron chi connectivity index (χ1n) is 6.11. The van der Waals surface area contributed by atoms with E-state index in [1.54, 1.807) is 0 Å². The largest absolute Gasteiger partial charge is 0.394 e. The van der Waals surface area contributed by atoms with Crippen LogP contribution in [-0.4, -0.2) is 52.2 Å². The molecule has 4 N–H and O–H groups in total. The summed E-state index contributed by atoms with van der Waals surface area (Å²) in [5.41, 5.74) is 5.03. The molecule has 0 aliphatic heterocycles. The van der Waals surface area contributed by atoms with Gasteiger partial charge in [0, 0.05) is 0 Å². The zero-order chi connectivity index (χ0) is 14.5. The summed E-state index contributed by atoms with van der Waals surface area (Å²) in [7, 11) is 0. The Morgan fingerprint density at radius 2 is 1.33 bits per heavy atom. The Hall–Kier alpha value is -1.14. The molecule has 0 aliphatic rings. The Bertz CT molecular complexity index is 276. The van der Waals surface area contributed by atoms with Crippen molar-refractivity contribution in [3.8, 4) is 0 Å². The van der Waals surface area contributed by atoms with E-state index in [9.17, 15) is 19.8 Å². The molecule has 6 nitrogen and oxygen atoms in total. The van der Waals surface area contributed by atoms with Gasteiger partial charge in [0.15, 0.2) is 0 Å². The quantitative estimate of drug-likeness (QED) is 0.551. The zero-order valence-corrected chi connectivity index (χ0v) is 11.5. The summed E-state index contributed by atoms with van der Waals surface area (Å²) >= 11 is 0. The van der Waals surface area contributed by atoms with Crippen LogP contribution in [0.4, 0.5) is 0 Å². The molecule has 0 saturated heterocycles. The standard InChI is InChI=1S/C12H24N2O4/c1-7(2)9(5-15)14(12(18)11(13)17)10(6-16)8(3)4/h7-10,15-16H,5-6H2,1-4H3,(H2,13,17). The van der Waals surface area contributed by atoms with Crippen LogP contribution >= 0.6 is 0 Å². The average Bonchev–Trinajstić information content (AvgIpc) is 2.26. The Kier molecular flexibility index (Phi) is 6.86. The van der Waals surface area contributed by atoms with Gasteiger partial charge >= 0.3 is 11.8 Å². The molecule has 0 saturated carbocycles. The summed E-state index contributed by atoms with van der Waals surface area (Å²) in [6.45, 7) is 6.77. The van der Waals surface area contributed by atoms with Crippen molar-refractivity contribution in [3.05, 3.63) is 0 Å². The lowest BCUT2D eigenvalue weighted by molar-refractivity contribution is -0.151. The maximum absolute atomic E-state index is 11.9. The van der Waals surface area contributed by atoms with Crippen LogP contribution in [0.15, 0.2) is 0 Å². The summed E-state index contributed by atoms with van der Waals surface area (Å²) in [5.74, 6) is -2.04. The van der Waals surface area contributed by atoms with E-state index >= 15 is 0 Å². The van der Waals surface area contributed by atoms with Gasteiger partial charge in [-0.2, -0.15) is 0 Å². The molecule has 2 amide bonds. The SMILES string of the molecule is CC(C)C(CO)N(C(=O)C(N)=O)C(CO)C(C)C. The highest BCUT2D eigenvalue weighted by atomic mass is 16.3. The molecule has 0 fully saturated rings. The lowest BCUT2D eigenvalue weighted by atomic mass is 9.96. The van der Waals surface area contributed by atoms with Gasteiger partial charge in [-0.1, -0.05) is 27.7 Å². The predicted molar refractivity (Wildman–Crippen MR) is 67.5 cm³/mol. The van der Waals surface area contributed by atoms with Gasteiger partial charge in [-0.05, 0) is 11.8 Å². The van der Waals surface area contributed by atoms with E-state index in [1.165, 1.54) is 4.90 Å². The molecule has 0 bridgehead atoms. The van der Waals surface area contributed by atoms with Crippen LogP contribution in [0.25, 0.3) is 0 Å². The molecule has 2 atom stereocenters. The molecule has 0 aliphatic carbocycles. The fourth-order valence-electron chi connectivity index (χ4n) is 1.91. The Morgan fingerprint density at radius 1 is 1.00 bits per heavy atom. The van der Waals surface area contributed by atoms with E-state index in [-0.39, 0.29) is 25.0 Å². The normalized spacial score (nSPS) is 14.7. The number of nitrogens with two attached hydrogens (primary N) is 1. The van der Waals surface area contributed by atoms with Gasteiger partial charge in [0.1, 0.15) is 0 Å². The topological polar surface area (TPSA) is 104 Å². The summed E-state index contributed by atoms with van der Waals surface area (Å²) in [6, 6.07) is -1.07. The molecule has 0 aromatic carbocycles. The molecule has 2 unspecified atom stereocenters. The molecule has 0 radical (unpaired) electrons. The first kappa shape index (κ1) is 16.9. The number of carbonyl (C=O) groups is 2. The van der Waals surface area contributed by atoms with Gasteiger partial charge < -0.3 is 20.8 Å². The van der Waals surface area contributed by atoms with E-state index in [0.717, 1.165) is 0 Å². The van der Waals surface area contributed by atoms with Crippen molar-refractivity contribution in [2.75, 3.05) is 13.2 Å². The van der Waals surface area contributed by atoms with Crippen LogP contribution in [0.1, 0.15) is 27.7 Å². The number of aliphatic hydroxyl groups is 2. The van der Waals surface area contributed by atoms with E-state index in [4.69, 9.17) is 5.73 Å². The predicted octanol–water partition coefficient (Wildman–Crippen LogP) is -0.666. The molecule has 0 spiro atoms. The molecule has 0 aromatic rings. The Balaban J connectivity index is 5.39. The van der Waals surface area contributed by atoms with Gasteiger partial charge in [-0.3, -0.25) is 9.59 Å². The second-order valence-electron chi connectivity index (χ2n) is 5.06. The fourth-order valence-corrected chi connectivity index (χ4v) is 1.91. The molecule has 18 heavy (non-hydrogen) atoms. The monoisotopic (exact) mass is 260 g/mol. The molecular weight excluding hydrogens is 236 g/mol. The highest BCUT2D eigenvalue weighted by Crippen LogP contribution is 2.19. The average molecular weight is 260 g/mol. The highest BCUT2D eigenvalue weighted by molar-refractivity contribution is 6.34. The van der Waals surface area contributed by atoms with E-state index in [1.807, 2.05) is 27.7 Å². The molecule has 106 valence electrons. The van der Waals surface area contributed by atoms with Crippen molar-refractivity contribution in [3.63, 3.8) is 0 Å². The van der Waals surface area contributed by atoms with Crippen LogP contribution in [0.2, 0.25) is 0 Å². The minimum absolute atomic E-state index is 0.0499. The third-order valence-corrected chi connectivity index (χ3v) is 3.07. The lowest BCUT2D eigenvalue weighted by Gasteiger charge is -2.39. The molecule has 6 heteroatoms. The number of primary amides is 1. The molecule has 0 aromatic heterocycles. The second kappa shape index (κ2) is 7.33. The minimum Gasteiger partial charge on any atom is -0.394 e. The third kappa shape index (κ3) is 3.96. The number of hydrogen-bond donors (Lipinski definition) is 3. The summed E-state index contributed by atoms with van der Waals surface area (Å²) in [6.07, 6.45) is 0. The summed E-state index contributed by atoms with van der Waals surface area (Å²) < 4.78 is 0. The number of hydrogen-bond acceptors (Lipinski definition) is 4. The van der Waals surface area contributed by atoms with Crippen molar-refractivity contribution >= 4 is 11.8 Å². The van der Waals surface area contributed by atoms with Crippen molar-refractivity contribution in [2.24, 2.45) is 17.6 Å². The number of amides is 2.